The molecule has 150 valence electrons. The van der Waals surface area contributed by atoms with Crippen molar-refractivity contribution < 1.29 is 18.8 Å². The lowest BCUT2D eigenvalue weighted by Crippen LogP contribution is -2.22. The molecule has 0 aliphatic rings. The third-order valence-electron chi connectivity index (χ3n) is 4.14. The number of halogens is 1. The highest BCUT2D eigenvalue weighted by molar-refractivity contribution is 7.14. The first kappa shape index (κ1) is 20.4. The van der Waals surface area contributed by atoms with Crippen molar-refractivity contribution in [3.63, 3.8) is 0 Å². The number of aromatic nitrogens is 1. The van der Waals surface area contributed by atoms with Gasteiger partial charge < -0.3 is 4.74 Å². The average Bonchev–Trinajstić information content (AvgIpc) is 3.15. The van der Waals surface area contributed by atoms with Gasteiger partial charge in [0, 0.05) is 24.4 Å². The summed E-state index contributed by atoms with van der Waals surface area (Å²) in [5, 5.41) is 13.2. The van der Waals surface area contributed by atoms with E-state index in [-0.39, 0.29) is 24.0 Å². The number of ether oxygens (including phenoxy) is 1. The van der Waals surface area contributed by atoms with E-state index in [1.54, 1.807) is 5.38 Å². The fourth-order valence-electron chi connectivity index (χ4n) is 2.68. The molecule has 0 fully saturated rings. The molecule has 1 amide bonds. The molecule has 0 bridgehead atoms. The van der Waals surface area contributed by atoms with E-state index in [9.17, 15) is 19.3 Å². The van der Waals surface area contributed by atoms with Crippen molar-refractivity contribution in [2.45, 2.75) is 26.9 Å². The number of thiazole rings is 1. The number of aryl methyl sites for hydroxylation is 1. The summed E-state index contributed by atoms with van der Waals surface area (Å²) in [5.74, 6) is -1.01. The van der Waals surface area contributed by atoms with Crippen LogP contribution in [0.3, 0.4) is 0 Å². The highest BCUT2D eigenvalue weighted by Crippen LogP contribution is 2.31. The van der Waals surface area contributed by atoms with Crippen LogP contribution in [0.15, 0.2) is 47.8 Å². The number of benzene rings is 2. The minimum absolute atomic E-state index is 0.0959. The number of anilines is 2. The average molecular weight is 415 g/mol. The van der Waals surface area contributed by atoms with Crippen LogP contribution in [0, 0.1) is 15.9 Å². The number of nitrogens with zero attached hydrogens (tertiary/aromatic N) is 3. The number of hydrogen-bond donors (Lipinski definition) is 0. The third kappa shape index (κ3) is 4.75. The SMILES string of the molecule is CCc1ccc(N(C(C)=O)c2nc(COc3cc(F)ccc3[N+](=O)[O-])cs2)cc1. The first-order chi connectivity index (χ1) is 13.9. The largest absolute Gasteiger partial charge is 0.480 e. The van der Waals surface area contributed by atoms with Crippen LogP contribution in [0.25, 0.3) is 0 Å². The van der Waals surface area contributed by atoms with E-state index in [1.807, 2.05) is 31.2 Å². The molecule has 0 aliphatic carbocycles. The van der Waals surface area contributed by atoms with Gasteiger partial charge in [-0.25, -0.2) is 9.37 Å². The van der Waals surface area contributed by atoms with Gasteiger partial charge in [0.2, 0.25) is 5.91 Å². The summed E-state index contributed by atoms with van der Waals surface area (Å²) in [5.41, 5.74) is 1.99. The molecule has 29 heavy (non-hydrogen) atoms. The van der Waals surface area contributed by atoms with Crippen molar-refractivity contribution in [2.75, 3.05) is 4.90 Å². The predicted molar refractivity (Wildman–Crippen MR) is 108 cm³/mol. The zero-order valence-corrected chi connectivity index (χ0v) is 16.6. The van der Waals surface area contributed by atoms with Crippen LogP contribution in [-0.4, -0.2) is 15.8 Å². The molecular formula is C20H18FN3O4S. The maximum absolute atomic E-state index is 13.4. The van der Waals surface area contributed by atoms with Gasteiger partial charge in [0.1, 0.15) is 12.4 Å². The maximum atomic E-state index is 13.4. The van der Waals surface area contributed by atoms with Gasteiger partial charge >= 0.3 is 5.69 Å². The molecule has 0 atom stereocenters. The van der Waals surface area contributed by atoms with Crippen molar-refractivity contribution in [1.29, 1.82) is 0 Å². The van der Waals surface area contributed by atoms with Crippen LogP contribution in [0.5, 0.6) is 5.75 Å². The molecule has 1 aromatic heterocycles. The summed E-state index contributed by atoms with van der Waals surface area (Å²) in [6.45, 7) is 3.40. The zero-order valence-electron chi connectivity index (χ0n) is 15.8. The normalized spacial score (nSPS) is 10.6. The van der Waals surface area contributed by atoms with Crippen molar-refractivity contribution in [3.05, 3.63) is 75.0 Å². The smallest absolute Gasteiger partial charge is 0.311 e. The minimum atomic E-state index is -0.640. The van der Waals surface area contributed by atoms with E-state index in [1.165, 1.54) is 23.2 Å². The number of rotatable bonds is 7. The molecule has 7 nitrogen and oxygen atoms in total. The fourth-order valence-corrected chi connectivity index (χ4v) is 3.55. The molecule has 0 radical (unpaired) electrons. The topological polar surface area (TPSA) is 85.6 Å². The lowest BCUT2D eigenvalue weighted by atomic mass is 10.1. The molecular weight excluding hydrogens is 397 g/mol. The first-order valence-corrected chi connectivity index (χ1v) is 9.67. The second kappa shape index (κ2) is 8.78. The standard InChI is InChI=1S/C20H18FN3O4S/c1-3-14-4-7-17(8-5-14)23(13(2)25)20-22-16(12-29-20)11-28-19-10-15(21)6-9-18(19)24(26)27/h4-10,12H,3,11H2,1-2H3. The molecule has 0 saturated heterocycles. The highest BCUT2D eigenvalue weighted by Gasteiger charge is 2.20. The van der Waals surface area contributed by atoms with Gasteiger partial charge in [0.25, 0.3) is 0 Å². The van der Waals surface area contributed by atoms with Crippen molar-refractivity contribution in [1.82, 2.24) is 4.98 Å². The van der Waals surface area contributed by atoms with E-state index in [0.29, 0.717) is 16.5 Å². The van der Waals surface area contributed by atoms with E-state index < -0.39 is 10.7 Å². The van der Waals surface area contributed by atoms with Crippen LogP contribution in [0.4, 0.5) is 20.9 Å². The van der Waals surface area contributed by atoms with Gasteiger partial charge in [-0.05, 0) is 30.2 Å². The quantitative estimate of drug-likeness (QED) is 0.400. The lowest BCUT2D eigenvalue weighted by Gasteiger charge is -2.18. The van der Waals surface area contributed by atoms with Gasteiger partial charge in [-0.15, -0.1) is 11.3 Å². The Kier molecular flexibility index (Phi) is 6.18. The number of amides is 1. The first-order valence-electron chi connectivity index (χ1n) is 8.79. The van der Waals surface area contributed by atoms with Crippen LogP contribution in [-0.2, 0) is 17.8 Å². The Labute approximate surface area is 170 Å². The molecule has 3 aromatic rings. The highest BCUT2D eigenvalue weighted by atomic mass is 32.1. The monoisotopic (exact) mass is 415 g/mol. The summed E-state index contributed by atoms with van der Waals surface area (Å²) in [4.78, 5) is 28.5. The Bertz CT molecular complexity index is 1040. The third-order valence-corrected chi connectivity index (χ3v) is 5.02. The Morgan fingerprint density at radius 3 is 2.62 bits per heavy atom. The molecule has 0 N–H and O–H groups in total. The summed E-state index contributed by atoms with van der Waals surface area (Å²) < 4.78 is 18.8. The van der Waals surface area contributed by atoms with Crippen molar-refractivity contribution in [3.8, 4) is 5.75 Å². The van der Waals surface area contributed by atoms with Gasteiger partial charge in [-0.2, -0.15) is 0 Å². The van der Waals surface area contributed by atoms with E-state index >= 15 is 0 Å². The second-order valence-corrected chi connectivity index (χ2v) is 6.99. The van der Waals surface area contributed by atoms with Gasteiger partial charge in [-0.3, -0.25) is 19.8 Å². The van der Waals surface area contributed by atoms with Crippen LogP contribution in [0.2, 0.25) is 0 Å². The van der Waals surface area contributed by atoms with Crippen molar-refractivity contribution in [2.24, 2.45) is 0 Å². The molecule has 0 unspecified atom stereocenters. The number of carbonyl (C=O) groups excluding carboxylic acids is 1. The summed E-state index contributed by atoms with van der Waals surface area (Å²) in [7, 11) is 0. The molecule has 0 saturated carbocycles. The molecule has 3 rings (SSSR count). The van der Waals surface area contributed by atoms with Crippen molar-refractivity contribution >= 4 is 33.8 Å². The van der Waals surface area contributed by atoms with Gasteiger partial charge in [0.15, 0.2) is 10.9 Å². The summed E-state index contributed by atoms with van der Waals surface area (Å²) in [6.07, 6.45) is 0.894. The Hall–Kier alpha value is -3.33. The van der Waals surface area contributed by atoms with Crippen LogP contribution >= 0.6 is 11.3 Å². The number of hydrogen-bond acceptors (Lipinski definition) is 6. The number of nitro benzene ring substituents is 1. The minimum Gasteiger partial charge on any atom is -0.480 e. The van der Waals surface area contributed by atoms with Crippen LogP contribution in [0.1, 0.15) is 25.1 Å². The van der Waals surface area contributed by atoms with Gasteiger partial charge in [-0.1, -0.05) is 19.1 Å². The Morgan fingerprint density at radius 1 is 1.28 bits per heavy atom. The predicted octanol–water partition coefficient (Wildman–Crippen LogP) is 5.02. The summed E-state index contributed by atoms with van der Waals surface area (Å²) >= 11 is 1.25. The maximum Gasteiger partial charge on any atom is 0.311 e. The van der Waals surface area contributed by atoms with E-state index in [2.05, 4.69) is 4.98 Å². The fraction of sp³-hybridized carbons (Fsp3) is 0.200. The molecule has 9 heteroatoms. The van der Waals surface area contributed by atoms with Crippen LogP contribution < -0.4 is 9.64 Å². The molecule has 1 heterocycles. The second-order valence-electron chi connectivity index (χ2n) is 6.15. The number of carbonyl (C=O) groups is 1. The Morgan fingerprint density at radius 2 is 2.00 bits per heavy atom. The van der Waals surface area contributed by atoms with Gasteiger partial charge in [0.05, 0.1) is 16.3 Å². The van der Waals surface area contributed by atoms with E-state index in [0.717, 1.165) is 30.2 Å². The van der Waals surface area contributed by atoms with E-state index in [4.69, 9.17) is 4.74 Å². The zero-order chi connectivity index (χ0) is 21.0. The Balaban J connectivity index is 1.79. The molecule has 2 aromatic carbocycles. The molecule has 0 spiro atoms. The number of nitro groups is 1. The molecule has 0 aliphatic heterocycles. The lowest BCUT2D eigenvalue weighted by molar-refractivity contribution is -0.386. The summed E-state index contributed by atoms with van der Waals surface area (Å²) in [6, 6.07) is 10.6.